The quantitative estimate of drug-likeness (QED) is 0.611. The lowest BCUT2D eigenvalue weighted by atomic mass is 10.3. The molecule has 0 fully saturated rings. The van der Waals surface area contributed by atoms with Gasteiger partial charge in [-0.2, -0.15) is 0 Å². The van der Waals surface area contributed by atoms with E-state index >= 15 is 0 Å². The van der Waals surface area contributed by atoms with Crippen molar-refractivity contribution in [2.75, 3.05) is 20.1 Å². The standard InChI is InChI=1S/C9H19N3O3S2/c1-4-7(9(10)16)17(14,15)11-6-8(13)12(3)5-2/h7,11H,4-6H2,1-3H3,(H2,10,16). The molecule has 0 spiro atoms. The summed E-state index contributed by atoms with van der Waals surface area (Å²) in [5.41, 5.74) is 5.34. The van der Waals surface area contributed by atoms with Crippen molar-refractivity contribution < 1.29 is 13.2 Å². The Morgan fingerprint density at radius 2 is 2.00 bits per heavy atom. The van der Waals surface area contributed by atoms with Crippen LogP contribution in [0.15, 0.2) is 0 Å². The van der Waals surface area contributed by atoms with Gasteiger partial charge in [-0.15, -0.1) is 0 Å². The number of nitrogens with two attached hydrogens (primary N) is 1. The summed E-state index contributed by atoms with van der Waals surface area (Å²) in [6, 6.07) is 0. The number of hydrogen-bond acceptors (Lipinski definition) is 4. The Morgan fingerprint density at radius 3 is 2.35 bits per heavy atom. The molecule has 0 aliphatic rings. The van der Waals surface area contributed by atoms with Gasteiger partial charge < -0.3 is 10.6 Å². The first kappa shape index (κ1) is 16.3. The number of carbonyl (C=O) groups is 1. The molecule has 0 aromatic rings. The summed E-state index contributed by atoms with van der Waals surface area (Å²) in [5, 5.41) is -0.933. The Morgan fingerprint density at radius 1 is 1.47 bits per heavy atom. The van der Waals surface area contributed by atoms with E-state index in [9.17, 15) is 13.2 Å². The number of rotatable bonds is 7. The van der Waals surface area contributed by atoms with Crippen molar-refractivity contribution in [2.24, 2.45) is 5.73 Å². The molecule has 0 aliphatic carbocycles. The molecular weight excluding hydrogens is 262 g/mol. The highest BCUT2D eigenvalue weighted by Gasteiger charge is 2.26. The van der Waals surface area contributed by atoms with Crippen LogP contribution >= 0.6 is 12.2 Å². The summed E-state index contributed by atoms with van der Waals surface area (Å²) in [4.78, 5) is 12.8. The van der Waals surface area contributed by atoms with Gasteiger partial charge in [-0.25, -0.2) is 13.1 Å². The van der Waals surface area contributed by atoms with Gasteiger partial charge in [-0.1, -0.05) is 19.1 Å². The fourth-order valence-corrected chi connectivity index (χ4v) is 2.96. The molecule has 17 heavy (non-hydrogen) atoms. The van der Waals surface area contributed by atoms with Crippen molar-refractivity contribution in [2.45, 2.75) is 25.5 Å². The molecule has 0 rings (SSSR count). The molecule has 1 amide bonds. The summed E-state index contributed by atoms with van der Waals surface area (Å²) < 4.78 is 25.8. The normalized spacial score (nSPS) is 13.1. The lowest BCUT2D eigenvalue weighted by Crippen LogP contribution is -2.45. The Bertz CT molecular complexity index is 381. The van der Waals surface area contributed by atoms with Crippen LogP contribution in [0.1, 0.15) is 20.3 Å². The van der Waals surface area contributed by atoms with E-state index in [0.29, 0.717) is 6.54 Å². The van der Waals surface area contributed by atoms with Crippen molar-refractivity contribution in [3.05, 3.63) is 0 Å². The smallest absolute Gasteiger partial charge is 0.237 e. The van der Waals surface area contributed by atoms with Crippen LogP contribution in [0.25, 0.3) is 0 Å². The van der Waals surface area contributed by atoms with Crippen molar-refractivity contribution in [1.29, 1.82) is 0 Å². The molecule has 0 radical (unpaired) electrons. The van der Waals surface area contributed by atoms with Gasteiger partial charge in [0.1, 0.15) is 5.25 Å². The molecule has 0 heterocycles. The molecule has 0 bridgehead atoms. The Kier molecular flexibility index (Phi) is 6.58. The molecule has 6 nitrogen and oxygen atoms in total. The van der Waals surface area contributed by atoms with Gasteiger partial charge in [0.2, 0.25) is 15.9 Å². The summed E-state index contributed by atoms with van der Waals surface area (Å²) >= 11 is 4.68. The first-order chi connectivity index (χ1) is 7.76. The molecule has 0 aliphatic heterocycles. The minimum Gasteiger partial charge on any atom is -0.392 e. The molecule has 100 valence electrons. The van der Waals surface area contributed by atoms with Crippen molar-refractivity contribution in [1.82, 2.24) is 9.62 Å². The fourth-order valence-electron chi connectivity index (χ4n) is 1.15. The number of thiocarbonyl (C=S) groups is 1. The number of likely N-dealkylation sites (N-methyl/N-ethyl adjacent to an activating group) is 1. The van der Waals surface area contributed by atoms with Crippen LogP contribution in [-0.4, -0.2) is 49.6 Å². The SMILES string of the molecule is CCC(C(N)=S)S(=O)(=O)NCC(=O)N(C)CC. The van der Waals surface area contributed by atoms with Crippen LogP contribution in [0.2, 0.25) is 0 Å². The third-order valence-corrected chi connectivity index (χ3v) is 4.70. The average Bonchev–Trinajstić information content (AvgIpc) is 2.24. The predicted octanol–water partition coefficient (Wildman–Crippen LogP) is -0.551. The second-order valence-corrected chi connectivity index (χ2v) is 5.99. The molecule has 8 heteroatoms. The van der Waals surface area contributed by atoms with E-state index < -0.39 is 15.3 Å². The zero-order valence-corrected chi connectivity index (χ0v) is 11.9. The van der Waals surface area contributed by atoms with Gasteiger partial charge in [0.25, 0.3) is 0 Å². The summed E-state index contributed by atoms with van der Waals surface area (Å²) in [7, 11) is -2.07. The molecule has 0 saturated carbocycles. The van der Waals surface area contributed by atoms with E-state index in [0.717, 1.165) is 0 Å². The molecule has 1 unspecified atom stereocenters. The molecule has 0 aromatic heterocycles. The van der Waals surface area contributed by atoms with Gasteiger partial charge in [0, 0.05) is 13.6 Å². The fraction of sp³-hybridized carbons (Fsp3) is 0.778. The minimum absolute atomic E-state index is 0.0868. The number of sulfonamides is 1. The number of nitrogens with one attached hydrogen (secondary N) is 1. The maximum Gasteiger partial charge on any atom is 0.237 e. The predicted molar refractivity (Wildman–Crippen MR) is 71.1 cm³/mol. The minimum atomic E-state index is -3.67. The number of nitrogens with zero attached hydrogens (tertiary/aromatic N) is 1. The molecular formula is C9H19N3O3S2. The highest BCUT2D eigenvalue weighted by Crippen LogP contribution is 2.04. The Labute approximate surface area is 108 Å². The van der Waals surface area contributed by atoms with Gasteiger partial charge in [-0.3, -0.25) is 4.79 Å². The lowest BCUT2D eigenvalue weighted by Gasteiger charge is -2.18. The monoisotopic (exact) mass is 281 g/mol. The van der Waals surface area contributed by atoms with E-state index in [2.05, 4.69) is 16.9 Å². The summed E-state index contributed by atoms with van der Waals surface area (Å²) in [6.07, 6.45) is 0.280. The zero-order chi connectivity index (χ0) is 13.6. The van der Waals surface area contributed by atoms with Crippen LogP contribution in [0.3, 0.4) is 0 Å². The second kappa shape index (κ2) is 6.87. The maximum atomic E-state index is 11.8. The number of carbonyl (C=O) groups excluding carboxylic acids is 1. The largest absolute Gasteiger partial charge is 0.392 e. The highest BCUT2D eigenvalue weighted by molar-refractivity contribution is 7.93. The van der Waals surface area contributed by atoms with E-state index in [1.54, 1.807) is 20.9 Å². The Hall–Kier alpha value is -0.730. The van der Waals surface area contributed by atoms with Crippen molar-refractivity contribution in [3.8, 4) is 0 Å². The lowest BCUT2D eigenvalue weighted by molar-refractivity contribution is -0.128. The summed E-state index contributed by atoms with van der Waals surface area (Å²) in [6.45, 7) is 3.72. The van der Waals surface area contributed by atoms with Crippen LogP contribution in [-0.2, 0) is 14.8 Å². The maximum absolute atomic E-state index is 11.8. The van der Waals surface area contributed by atoms with Crippen LogP contribution in [0, 0.1) is 0 Å². The van der Waals surface area contributed by atoms with Gasteiger partial charge in [0.15, 0.2) is 0 Å². The van der Waals surface area contributed by atoms with Gasteiger partial charge >= 0.3 is 0 Å². The number of hydrogen-bond donors (Lipinski definition) is 2. The average molecular weight is 281 g/mol. The van der Waals surface area contributed by atoms with Crippen LogP contribution < -0.4 is 10.5 Å². The number of amides is 1. The van der Waals surface area contributed by atoms with E-state index in [1.807, 2.05) is 0 Å². The molecule has 0 aromatic carbocycles. The first-order valence-corrected chi connectivity index (χ1v) is 7.23. The van der Waals surface area contributed by atoms with E-state index in [1.165, 1.54) is 4.90 Å². The molecule has 3 N–H and O–H groups in total. The first-order valence-electron chi connectivity index (χ1n) is 5.28. The van der Waals surface area contributed by atoms with E-state index in [4.69, 9.17) is 5.73 Å². The van der Waals surface area contributed by atoms with Crippen LogP contribution in [0.5, 0.6) is 0 Å². The summed E-state index contributed by atoms with van der Waals surface area (Å²) in [5.74, 6) is -0.297. The third-order valence-electron chi connectivity index (χ3n) is 2.39. The van der Waals surface area contributed by atoms with Crippen molar-refractivity contribution in [3.63, 3.8) is 0 Å². The second-order valence-electron chi connectivity index (χ2n) is 3.57. The highest BCUT2D eigenvalue weighted by atomic mass is 32.2. The van der Waals surface area contributed by atoms with E-state index in [-0.39, 0.29) is 23.9 Å². The van der Waals surface area contributed by atoms with Crippen molar-refractivity contribution >= 4 is 33.1 Å². The molecule has 0 saturated heterocycles. The van der Waals surface area contributed by atoms with Crippen LogP contribution in [0.4, 0.5) is 0 Å². The third kappa shape index (κ3) is 4.97. The van der Waals surface area contributed by atoms with Gasteiger partial charge in [0.05, 0.1) is 11.5 Å². The van der Waals surface area contributed by atoms with Gasteiger partial charge in [-0.05, 0) is 13.3 Å². The molecule has 1 atom stereocenters. The Balaban J connectivity index is 4.57. The zero-order valence-electron chi connectivity index (χ0n) is 10.3. The topological polar surface area (TPSA) is 92.5 Å².